The van der Waals surface area contributed by atoms with E-state index < -0.39 is 5.54 Å². The molecule has 1 amide bonds. The standard InChI is InChI=1S/C29H30FN7O2/c1-16-25(17(2)37(35-16)28-32-10-5-11-33-28)27(38)36-14-21-22(15-36)26(21)39-24-13-19(29(3,4)31)12-23(34-24)18-6-8-20(30)9-7-18/h5-13,21-22,26H,14-15,31H2,1-4H3/t21-,22+,26-. The number of hydrogen-bond donors (Lipinski definition) is 1. The number of nitrogens with two attached hydrogens (primary N) is 1. The third-order valence-electron chi connectivity index (χ3n) is 7.59. The molecule has 0 unspecified atom stereocenters. The van der Waals surface area contributed by atoms with Gasteiger partial charge in [0, 0.05) is 54.5 Å². The summed E-state index contributed by atoms with van der Waals surface area (Å²) in [7, 11) is 0. The van der Waals surface area contributed by atoms with Gasteiger partial charge >= 0.3 is 0 Å². The molecular formula is C29H30FN7O2. The van der Waals surface area contributed by atoms with Gasteiger partial charge in [-0.15, -0.1) is 0 Å². The highest BCUT2D eigenvalue weighted by Crippen LogP contribution is 2.48. The van der Waals surface area contributed by atoms with Crippen molar-refractivity contribution in [1.29, 1.82) is 0 Å². The molecule has 9 nitrogen and oxygen atoms in total. The number of fused-ring (bicyclic) bond motifs is 1. The number of benzene rings is 1. The van der Waals surface area contributed by atoms with Gasteiger partial charge in [0.05, 0.1) is 22.6 Å². The molecule has 1 saturated heterocycles. The number of rotatable bonds is 6. The molecule has 2 aliphatic rings. The van der Waals surface area contributed by atoms with Gasteiger partial charge in [0.15, 0.2) is 0 Å². The van der Waals surface area contributed by atoms with E-state index in [1.807, 2.05) is 44.7 Å². The third-order valence-corrected chi connectivity index (χ3v) is 7.59. The summed E-state index contributed by atoms with van der Waals surface area (Å²) in [5.41, 5.74) is 10.1. The highest BCUT2D eigenvalue weighted by molar-refractivity contribution is 5.96. The van der Waals surface area contributed by atoms with Crippen molar-refractivity contribution in [2.75, 3.05) is 13.1 Å². The molecule has 1 aliphatic heterocycles. The predicted octanol–water partition coefficient (Wildman–Crippen LogP) is 3.82. The van der Waals surface area contributed by atoms with Gasteiger partial charge in [0.25, 0.3) is 11.9 Å². The fraction of sp³-hybridized carbons (Fsp3) is 0.345. The van der Waals surface area contributed by atoms with Gasteiger partial charge in [-0.25, -0.2) is 24.0 Å². The van der Waals surface area contributed by atoms with Crippen LogP contribution in [-0.4, -0.2) is 54.7 Å². The van der Waals surface area contributed by atoms with Crippen molar-refractivity contribution in [3.8, 4) is 23.1 Å². The van der Waals surface area contributed by atoms with Crippen molar-refractivity contribution in [2.45, 2.75) is 39.3 Å². The molecule has 39 heavy (non-hydrogen) atoms. The van der Waals surface area contributed by atoms with Crippen LogP contribution in [0.4, 0.5) is 4.39 Å². The molecule has 2 N–H and O–H groups in total. The molecule has 1 aliphatic carbocycles. The number of carbonyl (C=O) groups is 1. The fourth-order valence-corrected chi connectivity index (χ4v) is 5.36. The molecule has 6 rings (SSSR count). The monoisotopic (exact) mass is 527 g/mol. The normalized spacial score (nSPS) is 20.2. The topological polar surface area (TPSA) is 112 Å². The Labute approximate surface area is 225 Å². The molecule has 200 valence electrons. The molecule has 4 heterocycles. The van der Waals surface area contributed by atoms with E-state index in [4.69, 9.17) is 15.5 Å². The van der Waals surface area contributed by atoms with Gasteiger partial charge in [0.2, 0.25) is 5.88 Å². The predicted molar refractivity (Wildman–Crippen MR) is 143 cm³/mol. The third kappa shape index (κ3) is 4.65. The Morgan fingerprint density at radius 1 is 1.08 bits per heavy atom. The molecular weight excluding hydrogens is 497 g/mol. The molecule has 0 radical (unpaired) electrons. The summed E-state index contributed by atoms with van der Waals surface area (Å²) in [6.07, 6.45) is 3.27. The average molecular weight is 528 g/mol. The zero-order valence-corrected chi connectivity index (χ0v) is 22.3. The number of amides is 1. The minimum atomic E-state index is -0.608. The van der Waals surface area contributed by atoms with Crippen LogP contribution in [0.1, 0.15) is 41.2 Å². The van der Waals surface area contributed by atoms with Crippen molar-refractivity contribution in [3.05, 3.63) is 83.2 Å². The molecule has 2 fully saturated rings. The number of likely N-dealkylation sites (tertiary alicyclic amines) is 1. The summed E-state index contributed by atoms with van der Waals surface area (Å²) in [5, 5.41) is 4.52. The second-order valence-corrected chi connectivity index (χ2v) is 10.9. The van der Waals surface area contributed by atoms with Crippen LogP contribution < -0.4 is 10.5 Å². The van der Waals surface area contributed by atoms with Crippen LogP contribution in [0.15, 0.2) is 54.9 Å². The number of piperidine rings is 1. The van der Waals surface area contributed by atoms with Crippen LogP contribution in [0, 0.1) is 31.5 Å². The van der Waals surface area contributed by atoms with Gasteiger partial charge in [-0.05, 0) is 69.7 Å². The van der Waals surface area contributed by atoms with E-state index in [1.165, 1.54) is 12.1 Å². The average Bonchev–Trinajstić information content (AvgIpc) is 3.22. The molecule has 0 spiro atoms. The second-order valence-electron chi connectivity index (χ2n) is 10.9. The summed E-state index contributed by atoms with van der Waals surface area (Å²) in [4.78, 5) is 28.6. The van der Waals surface area contributed by atoms with Crippen molar-refractivity contribution >= 4 is 5.91 Å². The Bertz CT molecular complexity index is 1530. The zero-order chi connectivity index (χ0) is 27.5. The van der Waals surface area contributed by atoms with E-state index in [2.05, 4.69) is 15.1 Å². The summed E-state index contributed by atoms with van der Waals surface area (Å²) in [5.74, 6) is 1.03. The first-order chi connectivity index (χ1) is 18.6. The second kappa shape index (κ2) is 9.23. The number of halogens is 1. The van der Waals surface area contributed by atoms with E-state index in [9.17, 15) is 9.18 Å². The maximum Gasteiger partial charge on any atom is 0.257 e. The minimum Gasteiger partial charge on any atom is -0.474 e. The van der Waals surface area contributed by atoms with Crippen LogP contribution in [0.2, 0.25) is 0 Å². The quantitative estimate of drug-likeness (QED) is 0.406. The number of hydrogen-bond acceptors (Lipinski definition) is 7. The molecule has 10 heteroatoms. The molecule has 4 aromatic rings. The first-order valence-corrected chi connectivity index (χ1v) is 13.0. The summed E-state index contributed by atoms with van der Waals surface area (Å²) in [6, 6.07) is 11.7. The smallest absolute Gasteiger partial charge is 0.257 e. The maximum atomic E-state index is 13.5. The van der Waals surface area contributed by atoms with Gasteiger partial charge in [-0.1, -0.05) is 0 Å². The first-order valence-electron chi connectivity index (χ1n) is 13.0. The lowest BCUT2D eigenvalue weighted by Crippen LogP contribution is -2.34. The zero-order valence-electron chi connectivity index (χ0n) is 22.3. The van der Waals surface area contributed by atoms with E-state index >= 15 is 0 Å². The number of pyridine rings is 1. The molecule has 3 aromatic heterocycles. The summed E-state index contributed by atoms with van der Waals surface area (Å²) >= 11 is 0. The largest absolute Gasteiger partial charge is 0.474 e. The number of aryl methyl sites for hydroxylation is 1. The van der Waals surface area contributed by atoms with E-state index in [0.29, 0.717) is 41.9 Å². The Balaban J connectivity index is 1.17. The Hall–Kier alpha value is -4.18. The Morgan fingerprint density at radius 3 is 2.38 bits per heavy atom. The van der Waals surface area contributed by atoms with E-state index in [0.717, 1.165) is 16.8 Å². The summed E-state index contributed by atoms with van der Waals surface area (Å²) < 4.78 is 21.4. The maximum absolute atomic E-state index is 13.5. The van der Waals surface area contributed by atoms with Crippen molar-refractivity contribution in [1.82, 2.24) is 29.6 Å². The minimum absolute atomic E-state index is 0.0265. The lowest BCUT2D eigenvalue weighted by molar-refractivity contribution is 0.0750. The number of nitrogens with zero attached hydrogens (tertiary/aromatic N) is 6. The molecule has 1 aromatic carbocycles. The van der Waals surface area contributed by atoms with Crippen LogP contribution in [-0.2, 0) is 5.54 Å². The van der Waals surface area contributed by atoms with Gasteiger partial charge in [-0.3, -0.25) is 4.79 Å². The van der Waals surface area contributed by atoms with E-state index in [1.54, 1.807) is 35.3 Å². The lowest BCUT2D eigenvalue weighted by atomic mass is 9.95. The molecule has 1 saturated carbocycles. The van der Waals surface area contributed by atoms with E-state index in [-0.39, 0.29) is 29.7 Å². The number of aromatic nitrogens is 5. The summed E-state index contributed by atoms with van der Waals surface area (Å²) in [6.45, 7) is 8.75. The first kappa shape index (κ1) is 25.1. The number of ether oxygens (including phenoxy) is 1. The fourth-order valence-electron chi connectivity index (χ4n) is 5.36. The van der Waals surface area contributed by atoms with Crippen molar-refractivity contribution in [3.63, 3.8) is 0 Å². The van der Waals surface area contributed by atoms with Crippen LogP contribution >= 0.6 is 0 Å². The Kier molecular flexibility index (Phi) is 5.95. The highest BCUT2D eigenvalue weighted by atomic mass is 19.1. The molecule has 0 bridgehead atoms. The van der Waals surface area contributed by atoms with Crippen LogP contribution in [0.25, 0.3) is 17.2 Å². The SMILES string of the molecule is Cc1nn(-c2ncccn2)c(C)c1C(=O)N1C[C@@H]2[C@H](C1)[C@@H]2Oc1cc(C(C)(C)N)cc(-c2ccc(F)cc2)n1. The molecule has 3 atom stereocenters. The lowest BCUT2D eigenvalue weighted by Gasteiger charge is -2.22. The van der Waals surface area contributed by atoms with Gasteiger partial charge in [-0.2, -0.15) is 5.10 Å². The Morgan fingerprint density at radius 2 is 1.74 bits per heavy atom. The van der Waals surface area contributed by atoms with Crippen molar-refractivity contribution in [2.24, 2.45) is 17.6 Å². The highest BCUT2D eigenvalue weighted by Gasteiger charge is 2.59. The van der Waals surface area contributed by atoms with Crippen LogP contribution in [0.5, 0.6) is 5.88 Å². The van der Waals surface area contributed by atoms with Gasteiger partial charge < -0.3 is 15.4 Å². The number of carbonyl (C=O) groups excluding carboxylic acids is 1. The van der Waals surface area contributed by atoms with Crippen molar-refractivity contribution < 1.29 is 13.9 Å². The van der Waals surface area contributed by atoms with Gasteiger partial charge in [0.1, 0.15) is 11.9 Å². The van der Waals surface area contributed by atoms with Crippen LogP contribution in [0.3, 0.4) is 0 Å².